The molecule has 4 heteroatoms. The van der Waals surface area contributed by atoms with Gasteiger partial charge in [0.25, 0.3) is 0 Å². The van der Waals surface area contributed by atoms with Gasteiger partial charge in [-0.25, -0.2) is 4.79 Å². The van der Waals surface area contributed by atoms with E-state index in [9.17, 15) is 4.79 Å². The minimum Gasteiger partial charge on any atom is -0.465 e. The molecular formula is C17H22N2O2. The normalized spacial score (nSPS) is 19.6. The van der Waals surface area contributed by atoms with Gasteiger partial charge in [-0.3, -0.25) is 4.99 Å². The van der Waals surface area contributed by atoms with Crippen LogP contribution in [0.2, 0.25) is 0 Å². The second kappa shape index (κ2) is 4.58. The van der Waals surface area contributed by atoms with Crippen LogP contribution >= 0.6 is 0 Å². The van der Waals surface area contributed by atoms with Gasteiger partial charge in [-0.05, 0) is 68.9 Å². The summed E-state index contributed by atoms with van der Waals surface area (Å²) in [7, 11) is 0. The molecule has 0 aromatic heterocycles. The van der Waals surface area contributed by atoms with Crippen molar-refractivity contribution in [1.82, 2.24) is 4.90 Å². The van der Waals surface area contributed by atoms with Crippen LogP contribution in [0.25, 0.3) is 0 Å². The van der Waals surface area contributed by atoms with Crippen molar-refractivity contribution in [2.24, 2.45) is 4.99 Å². The van der Waals surface area contributed by atoms with Crippen molar-refractivity contribution in [3.8, 4) is 0 Å². The van der Waals surface area contributed by atoms with Crippen molar-refractivity contribution in [2.75, 3.05) is 13.1 Å². The predicted octanol–water partition coefficient (Wildman–Crippen LogP) is 3.73. The lowest BCUT2D eigenvalue weighted by Gasteiger charge is -2.40. The van der Waals surface area contributed by atoms with Gasteiger partial charge in [-0.1, -0.05) is 0 Å². The van der Waals surface area contributed by atoms with Crippen molar-refractivity contribution in [2.45, 2.75) is 46.0 Å². The fourth-order valence-electron chi connectivity index (χ4n) is 3.91. The van der Waals surface area contributed by atoms with Crippen LogP contribution in [0.4, 0.5) is 10.5 Å². The molecule has 2 aliphatic heterocycles. The lowest BCUT2D eigenvalue weighted by molar-refractivity contribution is 0.127. The van der Waals surface area contributed by atoms with Gasteiger partial charge in [0, 0.05) is 24.2 Å². The quantitative estimate of drug-likeness (QED) is 0.790. The second-order valence-corrected chi connectivity index (χ2v) is 6.39. The summed E-state index contributed by atoms with van der Waals surface area (Å²) in [5.74, 6) is 0. The highest BCUT2D eigenvalue weighted by atomic mass is 16.4. The zero-order valence-corrected chi connectivity index (χ0v) is 13.2. The van der Waals surface area contributed by atoms with Gasteiger partial charge in [0.05, 0.1) is 5.69 Å². The smallest absolute Gasteiger partial charge is 0.407 e. The Labute approximate surface area is 125 Å². The standard InChI is InChI=1S/C17H22N2O2/c1-10-9-14-15(12(3)11(10)2)17(13(4)18-14)5-7-19(8-6-17)16(20)21/h9H,5-8H2,1-4H3,(H,20,21). The molecule has 21 heavy (non-hydrogen) atoms. The third-order valence-corrected chi connectivity index (χ3v) is 5.49. The maximum atomic E-state index is 11.1. The molecule has 1 N–H and O–H groups in total. The lowest BCUT2D eigenvalue weighted by Crippen LogP contribution is -2.47. The van der Waals surface area contributed by atoms with Crippen LogP contribution in [-0.2, 0) is 5.41 Å². The zero-order chi connectivity index (χ0) is 15.4. The molecule has 1 amide bonds. The molecule has 1 fully saturated rings. The number of nitrogens with zero attached hydrogens (tertiary/aromatic N) is 2. The fourth-order valence-corrected chi connectivity index (χ4v) is 3.91. The summed E-state index contributed by atoms with van der Waals surface area (Å²) in [6.07, 6.45) is 0.866. The lowest BCUT2D eigenvalue weighted by atomic mass is 9.69. The summed E-state index contributed by atoms with van der Waals surface area (Å²) < 4.78 is 0. The van der Waals surface area contributed by atoms with Gasteiger partial charge in [-0.2, -0.15) is 0 Å². The first-order chi connectivity index (χ1) is 9.86. The summed E-state index contributed by atoms with van der Waals surface area (Å²) in [6, 6.07) is 2.18. The van der Waals surface area contributed by atoms with Crippen LogP contribution in [0.5, 0.6) is 0 Å². The maximum Gasteiger partial charge on any atom is 0.407 e. The molecular weight excluding hydrogens is 264 g/mol. The largest absolute Gasteiger partial charge is 0.465 e. The zero-order valence-electron chi connectivity index (χ0n) is 13.2. The molecule has 1 aromatic rings. The number of benzene rings is 1. The van der Waals surface area contributed by atoms with Gasteiger partial charge < -0.3 is 10.0 Å². The third-order valence-electron chi connectivity index (χ3n) is 5.49. The number of carbonyl (C=O) groups is 1. The summed E-state index contributed by atoms with van der Waals surface area (Å²) in [4.78, 5) is 17.5. The van der Waals surface area contributed by atoms with E-state index in [1.54, 1.807) is 0 Å². The Morgan fingerprint density at radius 3 is 2.38 bits per heavy atom. The summed E-state index contributed by atoms with van der Waals surface area (Å²) >= 11 is 0. The number of aryl methyl sites for hydroxylation is 1. The van der Waals surface area contributed by atoms with Crippen molar-refractivity contribution < 1.29 is 9.90 Å². The number of amides is 1. The summed E-state index contributed by atoms with van der Waals surface area (Å²) in [5.41, 5.74) is 7.47. The topological polar surface area (TPSA) is 52.9 Å². The van der Waals surface area contributed by atoms with E-state index < -0.39 is 6.09 Å². The van der Waals surface area contributed by atoms with Gasteiger partial charge in [0.1, 0.15) is 0 Å². The van der Waals surface area contributed by atoms with E-state index >= 15 is 0 Å². The molecule has 2 heterocycles. The summed E-state index contributed by atoms with van der Waals surface area (Å²) in [6.45, 7) is 9.76. The van der Waals surface area contributed by atoms with E-state index in [2.05, 4.69) is 33.8 Å². The minimum atomic E-state index is -0.811. The highest BCUT2D eigenvalue weighted by Crippen LogP contribution is 2.49. The predicted molar refractivity (Wildman–Crippen MR) is 83.9 cm³/mol. The van der Waals surface area contributed by atoms with E-state index in [1.165, 1.54) is 27.2 Å². The van der Waals surface area contributed by atoms with Crippen LogP contribution in [0.3, 0.4) is 0 Å². The Kier molecular flexibility index (Phi) is 3.08. The van der Waals surface area contributed by atoms with Crippen LogP contribution in [0.15, 0.2) is 11.1 Å². The Balaban J connectivity index is 2.06. The number of likely N-dealkylation sites (tertiary alicyclic amines) is 1. The minimum absolute atomic E-state index is 0.0518. The number of fused-ring (bicyclic) bond motifs is 2. The van der Waals surface area contributed by atoms with Crippen molar-refractivity contribution >= 4 is 17.5 Å². The molecule has 0 radical (unpaired) electrons. The number of piperidine rings is 1. The number of carboxylic acid groups (broad SMARTS) is 1. The van der Waals surface area contributed by atoms with Gasteiger partial charge in [-0.15, -0.1) is 0 Å². The Morgan fingerprint density at radius 1 is 1.19 bits per heavy atom. The molecule has 2 aliphatic rings. The van der Waals surface area contributed by atoms with Crippen LogP contribution in [0, 0.1) is 20.8 Å². The first-order valence-electron chi connectivity index (χ1n) is 7.52. The first kappa shape index (κ1) is 14.1. The van der Waals surface area contributed by atoms with Crippen molar-refractivity contribution in [3.05, 3.63) is 28.3 Å². The molecule has 4 nitrogen and oxygen atoms in total. The number of rotatable bonds is 0. The SMILES string of the molecule is CC1=Nc2cc(C)c(C)c(C)c2C12CCN(C(=O)O)CC2. The monoisotopic (exact) mass is 286 g/mol. The molecule has 112 valence electrons. The number of hydrogen-bond acceptors (Lipinski definition) is 2. The Morgan fingerprint density at radius 2 is 1.81 bits per heavy atom. The van der Waals surface area contributed by atoms with Crippen LogP contribution in [-0.4, -0.2) is 34.9 Å². The average Bonchev–Trinajstić information content (AvgIpc) is 2.69. The number of hydrogen-bond donors (Lipinski definition) is 1. The van der Waals surface area contributed by atoms with Crippen molar-refractivity contribution in [3.63, 3.8) is 0 Å². The third kappa shape index (κ3) is 1.88. The van der Waals surface area contributed by atoms with Gasteiger partial charge in [0.15, 0.2) is 0 Å². The molecule has 1 aromatic carbocycles. The Bertz CT molecular complexity index is 653. The fraction of sp³-hybridized carbons (Fsp3) is 0.529. The van der Waals surface area contributed by atoms with E-state index in [0.29, 0.717) is 13.1 Å². The Hall–Kier alpha value is -1.84. The highest BCUT2D eigenvalue weighted by molar-refractivity contribution is 6.01. The van der Waals surface area contributed by atoms with Gasteiger partial charge >= 0.3 is 6.09 Å². The summed E-state index contributed by atoms with van der Waals surface area (Å²) in [5, 5.41) is 9.16. The van der Waals surface area contributed by atoms with Gasteiger partial charge in [0.2, 0.25) is 0 Å². The molecule has 1 spiro atoms. The molecule has 3 rings (SSSR count). The first-order valence-corrected chi connectivity index (χ1v) is 7.52. The molecule has 0 unspecified atom stereocenters. The highest BCUT2D eigenvalue weighted by Gasteiger charge is 2.45. The average molecular weight is 286 g/mol. The van der Waals surface area contributed by atoms with Crippen LogP contribution < -0.4 is 0 Å². The molecule has 1 saturated heterocycles. The molecule has 0 bridgehead atoms. The second-order valence-electron chi connectivity index (χ2n) is 6.39. The van der Waals surface area contributed by atoms with E-state index in [1.807, 2.05) is 0 Å². The van der Waals surface area contributed by atoms with E-state index in [-0.39, 0.29) is 5.41 Å². The van der Waals surface area contributed by atoms with Crippen LogP contribution in [0.1, 0.15) is 42.0 Å². The van der Waals surface area contributed by atoms with E-state index in [0.717, 1.165) is 24.2 Å². The molecule has 0 saturated carbocycles. The van der Waals surface area contributed by atoms with Crippen molar-refractivity contribution in [1.29, 1.82) is 0 Å². The number of aliphatic imine (C=N–C) groups is 1. The molecule has 0 atom stereocenters. The molecule has 0 aliphatic carbocycles. The van der Waals surface area contributed by atoms with E-state index in [4.69, 9.17) is 10.1 Å². The maximum absolute atomic E-state index is 11.1.